The Balaban J connectivity index is 1.53. The Bertz CT molecular complexity index is 520. The van der Waals surface area contributed by atoms with Crippen LogP contribution in [0, 0.1) is 0 Å². The van der Waals surface area contributed by atoms with Crippen LogP contribution in [0.2, 0.25) is 5.02 Å². The van der Waals surface area contributed by atoms with Crippen molar-refractivity contribution in [3.8, 4) is 0 Å². The monoisotopic (exact) mass is 297 g/mol. The SMILES string of the molecule is Clc1ccc([C@H]2OC[C@@H](CSc3cn[nH]n3)O2)cc1. The average Bonchev–Trinajstić information content (AvgIpc) is 3.09. The summed E-state index contributed by atoms with van der Waals surface area (Å²) < 4.78 is 11.5. The smallest absolute Gasteiger partial charge is 0.184 e. The van der Waals surface area contributed by atoms with E-state index in [2.05, 4.69) is 15.4 Å². The zero-order valence-corrected chi connectivity index (χ0v) is 11.5. The second-order valence-electron chi connectivity index (χ2n) is 4.09. The summed E-state index contributed by atoms with van der Waals surface area (Å²) in [5, 5.41) is 11.9. The van der Waals surface area contributed by atoms with E-state index >= 15 is 0 Å². The van der Waals surface area contributed by atoms with Crippen molar-refractivity contribution in [3.05, 3.63) is 41.0 Å². The Morgan fingerprint density at radius 2 is 2.21 bits per heavy atom. The quantitative estimate of drug-likeness (QED) is 0.879. The predicted molar refractivity (Wildman–Crippen MR) is 72.1 cm³/mol. The molecule has 1 saturated heterocycles. The van der Waals surface area contributed by atoms with Crippen molar-refractivity contribution in [1.82, 2.24) is 15.4 Å². The minimum Gasteiger partial charge on any atom is -0.346 e. The van der Waals surface area contributed by atoms with E-state index in [4.69, 9.17) is 21.1 Å². The van der Waals surface area contributed by atoms with E-state index in [9.17, 15) is 0 Å². The van der Waals surface area contributed by atoms with Crippen LogP contribution in [0.4, 0.5) is 0 Å². The number of aromatic nitrogens is 3. The molecule has 1 aromatic heterocycles. The molecule has 0 radical (unpaired) electrons. The summed E-state index contributed by atoms with van der Waals surface area (Å²) in [6.45, 7) is 0.581. The number of halogens is 1. The van der Waals surface area contributed by atoms with Gasteiger partial charge in [-0.25, -0.2) is 0 Å². The average molecular weight is 298 g/mol. The maximum absolute atomic E-state index is 5.85. The molecule has 0 saturated carbocycles. The number of nitrogens with one attached hydrogen (secondary N) is 1. The third-order valence-electron chi connectivity index (χ3n) is 2.70. The Labute approximate surface area is 119 Å². The van der Waals surface area contributed by atoms with Gasteiger partial charge in [0.2, 0.25) is 0 Å². The van der Waals surface area contributed by atoms with Crippen molar-refractivity contribution in [3.63, 3.8) is 0 Å². The van der Waals surface area contributed by atoms with Crippen molar-refractivity contribution < 1.29 is 9.47 Å². The van der Waals surface area contributed by atoms with E-state index in [1.807, 2.05) is 24.3 Å². The molecule has 1 aliphatic heterocycles. The highest BCUT2D eigenvalue weighted by atomic mass is 35.5. The highest BCUT2D eigenvalue weighted by molar-refractivity contribution is 7.99. The second kappa shape index (κ2) is 5.92. The van der Waals surface area contributed by atoms with Crippen molar-refractivity contribution in [1.29, 1.82) is 0 Å². The summed E-state index contributed by atoms with van der Waals surface area (Å²) in [6, 6.07) is 7.50. The van der Waals surface area contributed by atoms with Gasteiger partial charge in [0.05, 0.1) is 18.9 Å². The first-order valence-electron chi connectivity index (χ1n) is 5.82. The van der Waals surface area contributed by atoms with E-state index in [0.717, 1.165) is 16.3 Å². The maximum atomic E-state index is 5.85. The first kappa shape index (κ1) is 12.9. The summed E-state index contributed by atoms with van der Waals surface area (Å²) in [7, 11) is 0. The third kappa shape index (κ3) is 3.27. The van der Waals surface area contributed by atoms with Gasteiger partial charge in [0.1, 0.15) is 5.03 Å². The van der Waals surface area contributed by atoms with Crippen LogP contribution in [0.3, 0.4) is 0 Å². The van der Waals surface area contributed by atoms with Crippen LogP contribution in [-0.2, 0) is 9.47 Å². The van der Waals surface area contributed by atoms with Crippen LogP contribution in [0.25, 0.3) is 0 Å². The number of hydrogen-bond donors (Lipinski definition) is 1. The van der Waals surface area contributed by atoms with Gasteiger partial charge in [-0.1, -0.05) is 23.7 Å². The molecule has 19 heavy (non-hydrogen) atoms. The molecule has 1 aromatic carbocycles. The molecule has 7 heteroatoms. The van der Waals surface area contributed by atoms with Gasteiger partial charge < -0.3 is 9.47 Å². The Hall–Kier alpha value is -1.08. The number of hydrogen-bond acceptors (Lipinski definition) is 5. The molecule has 0 unspecified atom stereocenters. The zero-order chi connectivity index (χ0) is 13.1. The lowest BCUT2D eigenvalue weighted by Gasteiger charge is -2.11. The van der Waals surface area contributed by atoms with E-state index in [-0.39, 0.29) is 12.4 Å². The molecule has 3 rings (SSSR count). The molecule has 1 fully saturated rings. The number of nitrogens with zero attached hydrogens (tertiary/aromatic N) is 2. The fourth-order valence-electron chi connectivity index (χ4n) is 1.77. The van der Waals surface area contributed by atoms with E-state index in [1.165, 1.54) is 0 Å². The lowest BCUT2D eigenvalue weighted by atomic mass is 10.2. The molecule has 1 aliphatic rings. The minimum atomic E-state index is -0.305. The summed E-state index contributed by atoms with van der Waals surface area (Å²) in [5.41, 5.74) is 0.985. The summed E-state index contributed by atoms with van der Waals surface area (Å²) in [5.74, 6) is 0.788. The number of benzene rings is 1. The summed E-state index contributed by atoms with van der Waals surface area (Å²) in [6.07, 6.45) is 1.44. The van der Waals surface area contributed by atoms with Gasteiger partial charge in [-0.3, -0.25) is 0 Å². The molecule has 2 heterocycles. The molecule has 0 amide bonds. The van der Waals surface area contributed by atoms with Crippen LogP contribution >= 0.6 is 23.4 Å². The fraction of sp³-hybridized carbons (Fsp3) is 0.333. The van der Waals surface area contributed by atoms with Crippen LogP contribution in [0.1, 0.15) is 11.9 Å². The number of ether oxygens (including phenoxy) is 2. The minimum absolute atomic E-state index is 0.0578. The highest BCUT2D eigenvalue weighted by Gasteiger charge is 2.27. The standard InChI is InChI=1S/C12H12ClN3O2S/c13-9-3-1-8(2-4-9)12-17-6-10(18-12)7-19-11-5-14-16-15-11/h1-5,10,12H,6-7H2,(H,14,15,16)/t10-,12-/m0/s1. The molecule has 0 bridgehead atoms. The number of H-pyrrole nitrogens is 1. The first-order valence-corrected chi connectivity index (χ1v) is 7.19. The van der Waals surface area contributed by atoms with Crippen molar-refractivity contribution in [2.24, 2.45) is 0 Å². The highest BCUT2D eigenvalue weighted by Crippen LogP contribution is 2.30. The normalized spacial score (nSPS) is 22.8. The lowest BCUT2D eigenvalue weighted by Crippen LogP contribution is -2.12. The fourth-order valence-corrected chi connectivity index (χ4v) is 2.66. The predicted octanol–water partition coefficient (Wildman–Crippen LogP) is 2.66. The molecule has 100 valence electrons. The van der Waals surface area contributed by atoms with Crippen LogP contribution in [0.5, 0.6) is 0 Å². The molecule has 0 aliphatic carbocycles. The van der Waals surface area contributed by atoms with Crippen LogP contribution < -0.4 is 0 Å². The second-order valence-corrected chi connectivity index (χ2v) is 5.57. The van der Waals surface area contributed by atoms with Gasteiger partial charge in [-0.15, -0.1) is 16.9 Å². The number of thioether (sulfide) groups is 1. The molecule has 2 aromatic rings. The zero-order valence-electron chi connectivity index (χ0n) is 9.95. The van der Waals surface area contributed by atoms with Crippen LogP contribution in [0.15, 0.2) is 35.5 Å². The molecule has 1 N–H and O–H groups in total. The molecule has 2 atom stereocenters. The van der Waals surface area contributed by atoms with E-state index in [1.54, 1.807) is 18.0 Å². The van der Waals surface area contributed by atoms with Crippen molar-refractivity contribution in [2.45, 2.75) is 17.4 Å². The largest absolute Gasteiger partial charge is 0.346 e. The number of aromatic amines is 1. The molecular formula is C12H12ClN3O2S. The molecule has 0 spiro atoms. The Kier molecular flexibility index (Phi) is 4.03. The van der Waals surface area contributed by atoms with Crippen molar-refractivity contribution in [2.75, 3.05) is 12.4 Å². The molecule has 5 nitrogen and oxygen atoms in total. The van der Waals surface area contributed by atoms with Crippen LogP contribution in [-0.4, -0.2) is 33.9 Å². The maximum Gasteiger partial charge on any atom is 0.184 e. The van der Waals surface area contributed by atoms with E-state index in [0.29, 0.717) is 11.6 Å². The number of rotatable bonds is 4. The third-order valence-corrected chi connectivity index (χ3v) is 3.98. The van der Waals surface area contributed by atoms with E-state index < -0.39 is 0 Å². The van der Waals surface area contributed by atoms with Gasteiger partial charge >= 0.3 is 0 Å². The van der Waals surface area contributed by atoms with Crippen molar-refractivity contribution >= 4 is 23.4 Å². The Morgan fingerprint density at radius 1 is 1.37 bits per heavy atom. The first-order chi connectivity index (χ1) is 9.31. The van der Waals surface area contributed by atoms with Gasteiger partial charge in [-0.2, -0.15) is 10.3 Å². The topological polar surface area (TPSA) is 60.0 Å². The summed E-state index contributed by atoms with van der Waals surface area (Å²) >= 11 is 7.45. The van der Waals surface area contributed by atoms with Gasteiger partial charge in [0.15, 0.2) is 6.29 Å². The Morgan fingerprint density at radius 3 is 2.95 bits per heavy atom. The summed E-state index contributed by atoms with van der Waals surface area (Å²) in [4.78, 5) is 0. The lowest BCUT2D eigenvalue weighted by molar-refractivity contribution is -0.0565. The molecular weight excluding hydrogens is 286 g/mol. The van der Waals surface area contributed by atoms with Gasteiger partial charge in [0.25, 0.3) is 0 Å². The van der Waals surface area contributed by atoms with Gasteiger partial charge in [-0.05, 0) is 12.1 Å². The van der Waals surface area contributed by atoms with Gasteiger partial charge in [0, 0.05) is 16.3 Å².